The summed E-state index contributed by atoms with van der Waals surface area (Å²) in [4.78, 5) is 10.6. The topological polar surface area (TPSA) is 49.8 Å². The Bertz CT molecular complexity index is 796. The van der Waals surface area contributed by atoms with Crippen LogP contribution in [0, 0.1) is 0 Å². The highest BCUT2D eigenvalue weighted by Crippen LogP contribution is 2.32. The number of nitrogens with one attached hydrogen (secondary N) is 1. The summed E-state index contributed by atoms with van der Waals surface area (Å²) >= 11 is 0. The Kier molecular flexibility index (Phi) is 6.51. The van der Waals surface area contributed by atoms with Crippen LogP contribution in [-0.2, 0) is 17.3 Å². The van der Waals surface area contributed by atoms with Gasteiger partial charge in [-0.1, -0.05) is 18.2 Å². The molecule has 1 unspecified atom stereocenters. The molecule has 0 spiro atoms. The van der Waals surface area contributed by atoms with E-state index in [1.807, 2.05) is 23.1 Å². The molecule has 1 aliphatic heterocycles. The first-order valence-corrected chi connectivity index (χ1v) is 9.11. The normalized spacial score (nSPS) is 18.2. The zero-order chi connectivity index (χ0) is 20.0. The van der Waals surface area contributed by atoms with Gasteiger partial charge in [-0.15, -0.1) is 0 Å². The third-order valence-corrected chi connectivity index (χ3v) is 4.55. The minimum absolute atomic E-state index is 0.419. The number of pyridine rings is 1. The molecule has 0 bridgehead atoms. The summed E-state index contributed by atoms with van der Waals surface area (Å²) in [5.41, 5.74) is 0.835. The van der Waals surface area contributed by atoms with Gasteiger partial charge in [0.05, 0.1) is 18.7 Å². The minimum atomic E-state index is -4.37. The fraction of sp³-hybridized carbons (Fsp3) is 0.400. The Morgan fingerprint density at radius 1 is 1.29 bits per heavy atom. The maximum absolute atomic E-state index is 13.0. The number of aromatic nitrogens is 1. The van der Waals surface area contributed by atoms with Gasteiger partial charge in [0, 0.05) is 38.4 Å². The smallest absolute Gasteiger partial charge is 0.370 e. The Hall–Kier alpha value is -2.61. The van der Waals surface area contributed by atoms with Gasteiger partial charge < -0.3 is 15.0 Å². The van der Waals surface area contributed by atoms with Crippen molar-refractivity contribution in [3.63, 3.8) is 0 Å². The van der Waals surface area contributed by atoms with Gasteiger partial charge in [0.15, 0.2) is 5.96 Å². The van der Waals surface area contributed by atoms with E-state index in [0.717, 1.165) is 24.2 Å². The largest absolute Gasteiger partial charge is 0.416 e. The summed E-state index contributed by atoms with van der Waals surface area (Å²) in [6.45, 7) is 2.14. The average molecular weight is 392 g/mol. The van der Waals surface area contributed by atoms with Crippen molar-refractivity contribution in [2.24, 2.45) is 4.99 Å². The highest BCUT2D eigenvalue weighted by Gasteiger charge is 2.32. The molecule has 2 heterocycles. The second-order valence-corrected chi connectivity index (χ2v) is 6.47. The fourth-order valence-corrected chi connectivity index (χ4v) is 3.14. The Morgan fingerprint density at radius 3 is 2.86 bits per heavy atom. The first-order chi connectivity index (χ1) is 13.5. The second kappa shape index (κ2) is 9.05. The number of benzene rings is 1. The van der Waals surface area contributed by atoms with Crippen LogP contribution < -0.4 is 5.32 Å². The number of alkyl halides is 3. The lowest BCUT2D eigenvalue weighted by Crippen LogP contribution is -2.48. The van der Waals surface area contributed by atoms with Gasteiger partial charge >= 0.3 is 6.18 Å². The molecular formula is C20H23F3N4O. The van der Waals surface area contributed by atoms with Crippen molar-refractivity contribution in [3.05, 3.63) is 65.5 Å². The number of halogens is 3. The van der Waals surface area contributed by atoms with Crippen molar-refractivity contribution in [2.75, 3.05) is 33.3 Å². The molecule has 1 saturated heterocycles. The molecule has 2 aromatic rings. The molecule has 8 heteroatoms. The predicted octanol–water partition coefficient (Wildman–Crippen LogP) is 3.29. The third kappa shape index (κ3) is 5.22. The van der Waals surface area contributed by atoms with Crippen LogP contribution in [0.15, 0.2) is 53.7 Å². The molecule has 5 nitrogen and oxygen atoms in total. The van der Waals surface area contributed by atoms with Crippen LogP contribution in [0.4, 0.5) is 13.2 Å². The molecule has 150 valence electrons. The summed E-state index contributed by atoms with van der Waals surface area (Å²) in [6, 6.07) is 11.1. The predicted molar refractivity (Wildman–Crippen MR) is 101 cm³/mol. The molecule has 0 amide bonds. The molecule has 1 aliphatic rings. The van der Waals surface area contributed by atoms with Crippen molar-refractivity contribution in [3.8, 4) is 0 Å². The molecule has 1 aromatic carbocycles. The van der Waals surface area contributed by atoms with Gasteiger partial charge in [-0.2, -0.15) is 13.2 Å². The molecule has 3 rings (SSSR count). The second-order valence-electron chi connectivity index (χ2n) is 6.47. The first-order valence-electron chi connectivity index (χ1n) is 9.11. The number of aliphatic imine (C=N–C) groups is 1. The monoisotopic (exact) mass is 392 g/mol. The fourth-order valence-electron chi connectivity index (χ4n) is 3.14. The SMILES string of the molecule is CN=C(NCCc1ccccn1)N1CCOC(c2cccc(C(F)(F)F)c2)C1. The van der Waals surface area contributed by atoms with E-state index in [-0.39, 0.29) is 0 Å². The molecule has 1 aromatic heterocycles. The van der Waals surface area contributed by atoms with Crippen LogP contribution in [0.3, 0.4) is 0 Å². The molecular weight excluding hydrogens is 369 g/mol. The van der Waals surface area contributed by atoms with Crippen LogP contribution in [0.5, 0.6) is 0 Å². The highest BCUT2D eigenvalue weighted by molar-refractivity contribution is 5.80. The van der Waals surface area contributed by atoms with E-state index in [4.69, 9.17) is 4.74 Å². The van der Waals surface area contributed by atoms with E-state index >= 15 is 0 Å². The van der Waals surface area contributed by atoms with E-state index in [9.17, 15) is 13.2 Å². The first kappa shape index (κ1) is 20.1. The van der Waals surface area contributed by atoms with Crippen molar-refractivity contribution in [1.82, 2.24) is 15.2 Å². The van der Waals surface area contributed by atoms with Crippen LogP contribution >= 0.6 is 0 Å². The molecule has 1 N–H and O–H groups in total. The van der Waals surface area contributed by atoms with Gasteiger partial charge in [0.2, 0.25) is 0 Å². The van der Waals surface area contributed by atoms with E-state index in [2.05, 4.69) is 15.3 Å². The standard InChI is InChI=1S/C20H23F3N4O/c1-24-19(26-10-8-17-7-2-3-9-25-17)27-11-12-28-18(14-27)15-5-4-6-16(13-15)20(21,22)23/h2-7,9,13,18H,8,10-12,14H2,1H3,(H,24,26). The maximum Gasteiger partial charge on any atom is 0.416 e. The summed E-state index contributed by atoms with van der Waals surface area (Å²) < 4.78 is 44.7. The van der Waals surface area contributed by atoms with E-state index in [0.29, 0.717) is 37.8 Å². The van der Waals surface area contributed by atoms with E-state index in [1.165, 1.54) is 6.07 Å². The molecule has 28 heavy (non-hydrogen) atoms. The molecule has 0 saturated carbocycles. The van der Waals surface area contributed by atoms with Gasteiger partial charge in [0.25, 0.3) is 0 Å². The maximum atomic E-state index is 13.0. The summed E-state index contributed by atoms with van der Waals surface area (Å²) in [6.07, 6.45) is -2.30. The highest BCUT2D eigenvalue weighted by atomic mass is 19.4. The zero-order valence-electron chi connectivity index (χ0n) is 15.6. The number of guanidine groups is 1. The molecule has 1 fully saturated rings. The molecule has 1 atom stereocenters. The van der Waals surface area contributed by atoms with Crippen molar-refractivity contribution < 1.29 is 17.9 Å². The molecule has 0 aliphatic carbocycles. The van der Waals surface area contributed by atoms with E-state index < -0.39 is 17.8 Å². The third-order valence-electron chi connectivity index (χ3n) is 4.55. The van der Waals surface area contributed by atoms with Crippen LogP contribution in [0.2, 0.25) is 0 Å². The van der Waals surface area contributed by atoms with Crippen LogP contribution in [-0.4, -0.2) is 49.1 Å². The summed E-state index contributed by atoms with van der Waals surface area (Å²) in [7, 11) is 1.69. The summed E-state index contributed by atoms with van der Waals surface area (Å²) in [5, 5.41) is 3.30. The quantitative estimate of drug-likeness (QED) is 0.641. The average Bonchev–Trinajstić information content (AvgIpc) is 2.71. The van der Waals surface area contributed by atoms with Crippen LogP contribution in [0.25, 0.3) is 0 Å². The van der Waals surface area contributed by atoms with Gasteiger partial charge in [-0.05, 0) is 29.8 Å². The van der Waals surface area contributed by atoms with Gasteiger partial charge in [0.1, 0.15) is 6.10 Å². The minimum Gasteiger partial charge on any atom is -0.370 e. The Balaban J connectivity index is 1.61. The zero-order valence-corrected chi connectivity index (χ0v) is 15.6. The lowest BCUT2D eigenvalue weighted by atomic mass is 10.0. The number of hydrogen-bond donors (Lipinski definition) is 1. The van der Waals surface area contributed by atoms with E-state index in [1.54, 1.807) is 19.3 Å². The number of ether oxygens (including phenoxy) is 1. The van der Waals surface area contributed by atoms with Crippen LogP contribution in [0.1, 0.15) is 22.9 Å². The molecule has 0 radical (unpaired) electrons. The van der Waals surface area contributed by atoms with Gasteiger partial charge in [-0.25, -0.2) is 0 Å². The number of nitrogens with zero attached hydrogens (tertiary/aromatic N) is 3. The Morgan fingerprint density at radius 2 is 2.14 bits per heavy atom. The Labute approximate surface area is 162 Å². The van der Waals surface area contributed by atoms with Gasteiger partial charge in [-0.3, -0.25) is 9.98 Å². The lowest BCUT2D eigenvalue weighted by molar-refractivity contribution is -0.137. The number of rotatable bonds is 4. The summed E-state index contributed by atoms with van der Waals surface area (Å²) in [5.74, 6) is 0.705. The number of hydrogen-bond acceptors (Lipinski definition) is 3. The van der Waals surface area contributed by atoms with Crippen molar-refractivity contribution in [1.29, 1.82) is 0 Å². The lowest BCUT2D eigenvalue weighted by Gasteiger charge is -2.35. The van der Waals surface area contributed by atoms with Crippen molar-refractivity contribution in [2.45, 2.75) is 18.7 Å². The number of morpholine rings is 1. The van der Waals surface area contributed by atoms with Crippen molar-refractivity contribution >= 4 is 5.96 Å².